The summed E-state index contributed by atoms with van der Waals surface area (Å²) in [6, 6.07) is 8.24. The predicted molar refractivity (Wildman–Crippen MR) is 92.0 cm³/mol. The monoisotopic (exact) mass is 325 g/mol. The summed E-state index contributed by atoms with van der Waals surface area (Å²) in [5.74, 6) is 2.03. The summed E-state index contributed by atoms with van der Waals surface area (Å²) in [5.41, 5.74) is 2.33. The molecule has 3 heterocycles. The Morgan fingerprint density at radius 3 is 3.04 bits per heavy atom. The third-order valence-corrected chi connectivity index (χ3v) is 4.97. The van der Waals surface area contributed by atoms with Crippen LogP contribution in [0.3, 0.4) is 0 Å². The van der Waals surface area contributed by atoms with E-state index in [1.54, 1.807) is 0 Å². The van der Waals surface area contributed by atoms with E-state index < -0.39 is 0 Å². The van der Waals surface area contributed by atoms with Gasteiger partial charge in [-0.15, -0.1) is 0 Å². The molecule has 126 valence electrons. The predicted octanol–water partition coefficient (Wildman–Crippen LogP) is 1.47. The third-order valence-electron chi connectivity index (χ3n) is 4.97. The number of nitrogens with zero attached hydrogens (tertiary/aromatic N) is 4. The molecule has 2 aliphatic rings. The summed E-state index contributed by atoms with van der Waals surface area (Å²) < 4.78 is 1.97. The number of amides is 1. The maximum atomic E-state index is 12.9. The highest BCUT2D eigenvalue weighted by Crippen LogP contribution is 2.28. The van der Waals surface area contributed by atoms with Crippen LogP contribution in [0.25, 0.3) is 0 Å². The topological polar surface area (TPSA) is 63.1 Å². The molecule has 2 aliphatic heterocycles. The molecule has 24 heavy (non-hydrogen) atoms. The van der Waals surface area contributed by atoms with Gasteiger partial charge >= 0.3 is 0 Å². The molecule has 4 rings (SSSR count). The van der Waals surface area contributed by atoms with Gasteiger partial charge in [-0.25, -0.2) is 9.67 Å². The highest BCUT2D eigenvalue weighted by molar-refractivity contribution is 5.98. The zero-order chi connectivity index (χ0) is 16.7. The van der Waals surface area contributed by atoms with Gasteiger partial charge in [0.1, 0.15) is 11.6 Å². The first-order valence-corrected chi connectivity index (χ1v) is 8.67. The van der Waals surface area contributed by atoms with Gasteiger partial charge in [-0.2, -0.15) is 5.10 Å². The van der Waals surface area contributed by atoms with Crippen molar-refractivity contribution < 1.29 is 4.79 Å². The van der Waals surface area contributed by atoms with Crippen LogP contribution in [0.15, 0.2) is 24.3 Å². The van der Waals surface area contributed by atoms with Gasteiger partial charge in [0.2, 0.25) is 5.91 Å². The van der Waals surface area contributed by atoms with E-state index in [-0.39, 0.29) is 18.0 Å². The van der Waals surface area contributed by atoms with Gasteiger partial charge in [0, 0.05) is 24.7 Å². The molecule has 0 fully saturated rings. The van der Waals surface area contributed by atoms with E-state index in [9.17, 15) is 4.79 Å². The molecule has 1 amide bonds. The third kappa shape index (κ3) is 2.71. The minimum absolute atomic E-state index is 0.153. The fourth-order valence-electron chi connectivity index (χ4n) is 3.80. The van der Waals surface area contributed by atoms with E-state index >= 15 is 0 Å². The number of para-hydroxylation sites is 1. The van der Waals surface area contributed by atoms with Crippen molar-refractivity contribution in [3.05, 3.63) is 41.5 Å². The molecule has 1 aromatic heterocycles. The number of benzene rings is 1. The van der Waals surface area contributed by atoms with Crippen LogP contribution in [-0.2, 0) is 24.2 Å². The molecule has 1 N–H and O–H groups in total. The van der Waals surface area contributed by atoms with Crippen LogP contribution >= 0.6 is 0 Å². The van der Waals surface area contributed by atoms with E-state index in [1.165, 1.54) is 5.56 Å². The van der Waals surface area contributed by atoms with Crippen molar-refractivity contribution in [2.24, 2.45) is 0 Å². The lowest BCUT2D eigenvalue weighted by Crippen LogP contribution is -2.50. The van der Waals surface area contributed by atoms with Crippen molar-refractivity contribution in [2.75, 3.05) is 11.4 Å². The molecule has 1 aromatic carbocycles. The molecule has 6 nitrogen and oxygen atoms in total. The van der Waals surface area contributed by atoms with E-state index in [4.69, 9.17) is 0 Å². The first-order valence-electron chi connectivity index (χ1n) is 8.67. The van der Waals surface area contributed by atoms with Crippen molar-refractivity contribution in [2.45, 2.75) is 51.7 Å². The molecular formula is C18H23N5O. The summed E-state index contributed by atoms with van der Waals surface area (Å²) in [6.07, 6.45) is 2.85. The van der Waals surface area contributed by atoms with Crippen molar-refractivity contribution in [3.8, 4) is 0 Å². The molecule has 2 unspecified atom stereocenters. The van der Waals surface area contributed by atoms with E-state index in [0.29, 0.717) is 0 Å². The number of fused-ring (bicyclic) bond motifs is 2. The van der Waals surface area contributed by atoms with Crippen LogP contribution in [-0.4, -0.2) is 39.3 Å². The van der Waals surface area contributed by atoms with Crippen molar-refractivity contribution in [1.29, 1.82) is 0 Å². The normalized spacial score (nSPS) is 20.6. The molecule has 0 aliphatic carbocycles. The number of rotatable bonds is 3. The second-order valence-corrected chi connectivity index (χ2v) is 6.75. The minimum Gasteiger partial charge on any atom is -0.310 e. The lowest BCUT2D eigenvalue weighted by Gasteiger charge is -2.29. The average Bonchev–Trinajstić information content (AvgIpc) is 3.16. The van der Waals surface area contributed by atoms with Gasteiger partial charge in [-0.3, -0.25) is 4.79 Å². The van der Waals surface area contributed by atoms with Crippen LogP contribution in [0.2, 0.25) is 0 Å². The van der Waals surface area contributed by atoms with Crippen molar-refractivity contribution in [3.63, 3.8) is 0 Å². The lowest BCUT2D eigenvalue weighted by molar-refractivity contribution is -0.120. The van der Waals surface area contributed by atoms with Gasteiger partial charge in [-0.1, -0.05) is 18.2 Å². The minimum atomic E-state index is -0.202. The smallest absolute Gasteiger partial charge is 0.243 e. The second-order valence-electron chi connectivity index (χ2n) is 6.75. The van der Waals surface area contributed by atoms with E-state index in [2.05, 4.69) is 21.5 Å². The van der Waals surface area contributed by atoms with Crippen molar-refractivity contribution in [1.82, 2.24) is 20.1 Å². The average molecular weight is 325 g/mol. The zero-order valence-corrected chi connectivity index (χ0v) is 14.2. The summed E-state index contributed by atoms with van der Waals surface area (Å²) >= 11 is 0. The van der Waals surface area contributed by atoms with Crippen LogP contribution in [0.4, 0.5) is 5.69 Å². The molecule has 0 saturated heterocycles. The van der Waals surface area contributed by atoms with Gasteiger partial charge < -0.3 is 10.2 Å². The fraction of sp³-hybridized carbons (Fsp3) is 0.500. The van der Waals surface area contributed by atoms with Crippen molar-refractivity contribution >= 4 is 11.6 Å². The maximum absolute atomic E-state index is 12.9. The van der Waals surface area contributed by atoms with Crippen LogP contribution in [0.5, 0.6) is 0 Å². The first kappa shape index (κ1) is 15.3. The Morgan fingerprint density at radius 2 is 2.17 bits per heavy atom. The zero-order valence-electron chi connectivity index (χ0n) is 14.2. The summed E-state index contributed by atoms with van der Waals surface area (Å²) in [4.78, 5) is 19.2. The number of carbonyl (C=O) groups is 1. The van der Waals surface area contributed by atoms with Gasteiger partial charge in [-0.05, 0) is 38.3 Å². The second kappa shape index (κ2) is 6.02. The molecule has 0 radical (unpaired) electrons. The fourth-order valence-corrected chi connectivity index (χ4v) is 3.80. The molecule has 0 bridgehead atoms. The Balaban J connectivity index is 1.42. The van der Waals surface area contributed by atoms with E-state index in [1.807, 2.05) is 41.6 Å². The largest absolute Gasteiger partial charge is 0.310 e. The first-order chi connectivity index (χ1) is 11.6. The molecular weight excluding hydrogens is 302 g/mol. The van der Waals surface area contributed by atoms with Gasteiger partial charge in [0.15, 0.2) is 0 Å². The molecule has 2 atom stereocenters. The Kier molecular flexibility index (Phi) is 3.84. The molecule has 0 spiro atoms. The van der Waals surface area contributed by atoms with Crippen LogP contribution in [0.1, 0.15) is 30.6 Å². The Morgan fingerprint density at radius 1 is 1.33 bits per heavy atom. The number of aromatic nitrogens is 3. The van der Waals surface area contributed by atoms with Crippen LogP contribution < -0.4 is 10.2 Å². The summed E-state index contributed by atoms with van der Waals surface area (Å²) in [6.45, 7) is 5.45. The van der Waals surface area contributed by atoms with Gasteiger partial charge in [0.25, 0.3) is 0 Å². The Bertz CT molecular complexity index is 769. The van der Waals surface area contributed by atoms with E-state index in [0.717, 1.165) is 49.7 Å². The SMILES string of the molecule is Cc1nc2n(n1)CC(NC(C)C(=O)N1CCc3ccccc31)CC2. The summed E-state index contributed by atoms with van der Waals surface area (Å²) in [5, 5.41) is 7.93. The number of hydrogen-bond donors (Lipinski definition) is 1. The molecule has 0 saturated carbocycles. The highest BCUT2D eigenvalue weighted by Gasteiger charge is 2.30. The standard InChI is InChI=1S/C18H23N5O/c1-12(18(24)22-10-9-14-5-3-4-6-16(14)22)19-15-7-8-17-20-13(2)21-23(17)11-15/h3-6,12,15,19H,7-11H2,1-2H3. The number of carbonyl (C=O) groups excluding carboxylic acids is 1. The van der Waals surface area contributed by atoms with Crippen LogP contribution in [0, 0.1) is 6.92 Å². The Hall–Kier alpha value is -2.21. The highest BCUT2D eigenvalue weighted by atomic mass is 16.2. The Labute approximate surface area is 141 Å². The maximum Gasteiger partial charge on any atom is 0.243 e. The number of nitrogens with one attached hydrogen (secondary N) is 1. The molecule has 2 aromatic rings. The summed E-state index contributed by atoms with van der Waals surface area (Å²) in [7, 11) is 0. The number of aryl methyl sites for hydroxylation is 2. The lowest BCUT2D eigenvalue weighted by atomic mass is 10.1. The quantitative estimate of drug-likeness (QED) is 0.928. The number of anilines is 1. The number of hydrogen-bond acceptors (Lipinski definition) is 4. The van der Waals surface area contributed by atoms with Gasteiger partial charge in [0.05, 0.1) is 12.6 Å². The molecule has 6 heteroatoms.